The lowest BCUT2D eigenvalue weighted by Crippen LogP contribution is -2.56. The van der Waals surface area contributed by atoms with E-state index in [1.807, 2.05) is 79.7 Å². The van der Waals surface area contributed by atoms with E-state index in [4.69, 9.17) is 0 Å². The standard InChI is InChI=1S/C22H29N3O2/c1-24(2)16-20-17-25(21(26)23-15-18-9-5-3-6-10-18)14-13-22(20,27)19-11-7-4-8-12-19/h3-12,20,27H,13-17H2,1-2H3,(H,23,26). The van der Waals surface area contributed by atoms with Crippen molar-refractivity contribution >= 4 is 6.03 Å². The summed E-state index contributed by atoms with van der Waals surface area (Å²) in [5.74, 6) is -0.0499. The largest absolute Gasteiger partial charge is 0.385 e. The molecule has 0 radical (unpaired) electrons. The summed E-state index contributed by atoms with van der Waals surface area (Å²) in [6, 6.07) is 19.7. The van der Waals surface area contributed by atoms with Crippen LogP contribution >= 0.6 is 0 Å². The lowest BCUT2D eigenvalue weighted by Gasteiger charge is -2.45. The molecule has 5 heteroatoms. The maximum absolute atomic E-state index is 12.7. The highest BCUT2D eigenvalue weighted by Gasteiger charge is 2.43. The van der Waals surface area contributed by atoms with Gasteiger partial charge >= 0.3 is 6.03 Å². The minimum atomic E-state index is -0.915. The van der Waals surface area contributed by atoms with Crippen molar-refractivity contribution in [1.29, 1.82) is 0 Å². The molecule has 1 fully saturated rings. The van der Waals surface area contributed by atoms with Crippen molar-refractivity contribution < 1.29 is 9.90 Å². The van der Waals surface area contributed by atoms with Crippen molar-refractivity contribution in [3.05, 3.63) is 71.8 Å². The Bertz CT molecular complexity index is 736. The number of rotatable bonds is 5. The van der Waals surface area contributed by atoms with Crippen LogP contribution in [-0.4, -0.2) is 54.7 Å². The summed E-state index contributed by atoms with van der Waals surface area (Å²) < 4.78 is 0. The van der Waals surface area contributed by atoms with Gasteiger partial charge in [-0.3, -0.25) is 0 Å². The second-order valence-corrected chi connectivity index (χ2v) is 7.59. The van der Waals surface area contributed by atoms with Crippen LogP contribution in [0.5, 0.6) is 0 Å². The van der Waals surface area contributed by atoms with Gasteiger partial charge in [0.1, 0.15) is 0 Å². The van der Waals surface area contributed by atoms with E-state index < -0.39 is 5.60 Å². The molecule has 1 aliphatic heterocycles. The van der Waals surface area contributed by atoms with Crippen LogP contribution < -0.4 is 5.32 Å². The maximum atomic E-state index is 12.7. The van der Waals surface area contributed by atoms with Crippen LogP contribution in [0.3, 0.4) is 0 Å². The van der Waals surface area contributed by atoms with Crippen molar-refractivity contribution in [2.75, 3.05) is 33.7 Å². The van der Waals surface area contributed by atoms with E-state index in [9.17, 15) is 9.90 Å². The summed E-state index contributed by atoms with van der Waals surface area (Å²) in [5.41, 5.74) is 1.09. The zero-order valence-electron chi connectivity index (χ0n) is 16.1. The number of aliphatic hydroxyl groups is 1. The quantitative estimate of drug-likeness (QED) is 0.854. The zero-order chi connectivity index (χ0) is 19.3. The van der Waals surface area contributed by atoms with Crippen molar-refractivity contribution in [2.45, 2.75) is 18.6 Å². The van der Waals surface area contributed by atoms with Gasteiger partial charge in [-0.25, -0.2) is 4.79 Å². The van der Waals surface area contributed by atoms with Gasteiger partial charge in [0.2, 0.25) is 0 Å². The number of hydrogen-bond donors (Lipinski definition) is 2. The number of nitrogens with zero attached hydrogens (tertiary/aromatic N) is 2. The van der Waals surface area contributed by atoms with E-state index in [1.165, 1.54) is 0 Å². The molecule has 2 amide bonds. The fourth-order valence-corrected chi connectivity index (χ4v) is 3.84. The summed E-state index contributed by atoms with van der Waals surface area (Å²) in [4.78, 5) is 16.6. The zero-order valence-corrected chi connectivity index (χ0v) is 16.1. The van der Waals surface area contributed by atoms with Crippen LogP contribution in [0.25, 0.3) is 0 Å². The Kier molecular flexibility index (Phi) is 6.14. The average molecular weight is 367 g/mol. The smallest absolute Gasteiger partial charge is 0.317 e. The number of benzene rings is 2. The first-order chi connectivity index (χ1) is 13.0. The number of urea groups is 1. The molecule has 0 aromatic heterocycles. The summed E-state index contributed by atoms with van der Waals surface area (Å²) in [6.07, 6.45) is 0.536. The monoisotopic (exact) mass is 367 g/mol. The molecule has 1 aliphatic rings. The molecule has 1 heterocycles. The number of piperidine rings is 1. The Morgan fingerprint density at radius 1 is 1.15 bits per heavy atom. The third-order valence-electron chi connectivity index (χ3n) is 5.31. The highest BCUT2D eigenvalue weighted by atomic mass is 16.3. The van der Waals surface area contributed by atoms with E-state index in [0.29, 0.717) is 32.6 Å². The molecule has 1 saturated heterocycles. The minimum absolute atomic E-state index is 0.0499. The van der Waals surface area contributed by atoms with Crippen molar-refractivity contribution in [1.82, 2.24) is 15.1 Å². The summed E-state index contributed by atoms with van der Waals surface area (Å²) >= 11 is 0. The van der Waals surface area contributed by atoms with E-state index in [-0.39, 0.29) is 11.9 Å². The van der Waals surface area contributed by atoms with Gasteiger partial charge in [-0.1, -0.05) is 60.7 Å². The Morgan fingerprint density at radius 3 is 2.41 bits per heavy atom. The van der Waals surface area contributed by atoms with Crippen LogP contribution in [0.1, 0.15) is 17.5 Å². The van der Waals surface area contributed by atoms with Gasteiger partial charge in [-0.05, 0) is 31.6 Å². The molecule has 3 rings (SSSR count). The van der Waals surface area contributed by atoms with Crippen molar-refractivity contribution in [2.24, 2.45) is 5.92 Å². The number of nitrogens with one attached hydrogen (secondary N) is 1. The van der Waals surface area contributed by atoms with Gasteiger partial charge in [-0.15, -0.1) is 0 Å². The molecular formula is C22H29N3O2. The molecule has 2 aromatic rings. The number of likely N-dealkylation sites (tertiary alicyclic amines) is 1. The fraction of sp³-hybridized carbons (Fsp3) is 0.409. The summed E-state index contributed by atoms with van der Waals surface area (Å²) in [6.45, 7) is 2.30. The van der Waals surface area contributed by atoms with Crippen LogP contribution in [0.2, 0.25) is 0 Å². The SMILES string of the molecule is CN(C)CC1CN(C(=O)NCc2ccccc2)CCC1(O)c1ccccc1. The first kappa shape index (κ1) is 19.4. The molecule has 0 aliphatic carbocycles. The first-order valence-electron chi connectivity index (χ1n) is 9.48. The molecule has 27 heavy (non-hydrogen) atoms. The number of carbonyl (C=O) groups excluding carboxylic acids is 1. The lowest BCUT2D eigenvalue weighted by atomic mass is 9.75. The van der Waals surface area contributed by atoms with Gasteiger partial charge in [-0.2, -0.15) is 0 Å². The summed E-state index contributed by atoms with van der Waals surface area (Å²) in [7, 11) is 4.00. The number of amides is 2. The van der Waals surface area contributed by atoms with Gasteiger partial charge in [0.15, 0.2) is 0 Å². The number of carbonyl (C=O) groups is 1. The van der Waals surface area contributed by atoms with Gasteiger partial charge < -0.3 is 20.2 Å². The third kappa shape index (κ3) is 4.67. The molecular weight excluding hydrogens is 338 g/mol. The number of hydrogen-bond acceptors (Lipinski definition) is 3. The van der Waals surface area contributed by atoms with Gasteiger partial charge in [0.05, 0.1) is 5.60 Å². The second-order valence-electron chi connectivity index (χ2n) is 7.59. The topological polar surface area (TPSA) is 55.8 Å². The Morgan fingerprint density at radius 2 is 1.78 bits per heavy atom. The molecule has 2 atom stereocenters. The van der Waals surface area contributed by atoms with Crippen LogP contribution in [0, 0.1) is 5.92 Å². The summed E-state index contributed by atoms with van der Waals surface area (Å²) in [5, 5.41) is 14.5. The fourth-order valence-electron chi connectivity index (χ4n) is 3.84. The Labute approximate surface area is 161 Å². The van der Waals surface area contributed by atoms with E-state index >= 15 is 0 Å². The van der Waals surface area contributed by atoms with Crippen LogP contribution in [0.15, 0.2) is 60.7 Å². The molecule has 144 valence electrons. The van der Waals surface area contributed by atoms with Crippen molar-refractivity contribution in [3.8, 4) is 0 Å². The average Bonchev–Trinajstić information content (AvgIpc) is 2.69. The van der Waals surface area contributed by atoms with Crippen LogP contribution in [0.4, 0.5) is 4.79 Å². The molecule has 2 aromatic carbocycles. The first-order valence-corrected chi connectivity index (χ1v) is 9.48. The molecule has 2 unspecified atom stereocenters. The Balaban J connectivity index is 1.69. The van der Waals surface area contributed by atoms with E-state index in [1.54, 1.807) is 0 Å². The molecule has 0 bridgehead atoms. The molecule has 5 nitrogen and oxygen atoms in total. The van der Waals surface area contributed by atoms with Gasteiger partial charge in [0.25, 0.3) is 0 Å². The predicted molar refractivity (Wildman–Crippen MR) is 107 cm³/mol. The molecule has 0 saturated carbocycles. The van der Waals surface area contributed by atoms with Gasteiger partial charge in [0, 0.05) is 32.1 Å². The second kappa shape index (κ2) is 8.55. The van der Waals surface area contributed by atoms with Crippen LogP contribution in [-0.2, 0) is 12.1 Å². The van der Waals surface area contributed by atoms with Crippen molar-refractivity contribution in [3.63, 3.8) is 0 Å². The van der Waals surface area contributed by atoms with E-state index in [2.05, 4.69) is 10.2 Å². The van der Waals surface area contributed by atoms with E-state index in [0.717, 1.165) is 11.1 Å². The molecule has 2 N–H and O–H groups in total. The highest BCUT2D eigenvalue weighted by molar-refractivity contribution is 5.74. The normalized spacial score (nSPS) is 22.7. The minimum Gasteiger partial charge on any atom is -0.385 e. The third-order valence-corrected chi connectivity index (χ3v) is 5.31. The molecule has 0 spiro atoms. The Hall–Kier alpha value is -2.37. The maximum Gasteiger partial charge on any atom is 0.317 e. The lowest BCUT2D eigenvalue weighted by molar-refractivity contribution is -0.0757. The highest BCUT2D eigenvalue weighted by Crippen LogP contribution is 2.37. The predicted octanol–water partition coefficient (Wildman–Crippen LogP) is 2.67.